The third kappa shape index (κ3) is 4.43. The molecule has 4 heteroatoms. The monoisotopic (exact) mass is 202 g/mol. The van der Waals surface area contributed by atoms with Crippen LogP contribution in [0.4, 0.5) is 0 Å². The summed E-state index contributed by atoms with van der Waals surface area (Å²) in [5.41, 5.74) is 0. The van der Waals surface area contributed by atoms with E-state index in [1.807, 2.05) is 0 Å². The lowest BCUT2D eigenvalue weighted by atomic mass is 10.1. The van der Waals surface area contributed by atoms with Crippen LogP contribution in [0, 0.1) is 0 Å². The first-order valence-electron chi connectivity index (χ1n) is 4.95. The number of thiocarbonyl (C=S) groups is 1. The molecule has 2 N–H and O–H groups in total. The molecule has 1 saturated heterocycles. The molecule has 1 heterocycles. The van der Waals surface area contributed by atoms with Crippen LogP contribution in [0.3, 0.4) is 0 Å². The first-order chi connectivity index (χ1) is 6.33. The number of nitrogens with one attached hydrogen (secondary N) is 2. The predicted molar refractivity (Wildman–Crippen MR) is 57.9 cm³/mol. The minimum atomic E-state index is 0.505. The molecular formula is C9H18N2OS. The lowest BCUT2D eigenvalue weighted by Gasteiger charge is -2.24. The Morgan fingerprint density at radius 2 is 2.15 bits per heavy atom. The topological polar surface area (TPSA) is 33.3 Å². The van der Waals surface area contributed by atoms with Gasteiger partial charge in [0.15, 0.2) is 5.11 Å². The Bertz CT molecular complexity index is 158. The molecule has 3 nitrogen and oxygen atoms in total. The molecule has 0 unspecified atom stereocenters. The SMILES string of the molecule is CCCNC(=S)NC1CCOCC1. The molecule has 0 atom stereocenters. The van der Waals surface area contributed by atoms with Gasteiger partial charge in [-0.15, -0.1) is 0 Å². The second kappa shape index (κ2) is 6.16. The molecule has 0 saturated carbocycles. The van der Waals surface area contributed by atoms with E-state index >= 15 is 0 Å². The van der Waals surface area contributed by atoms with Crippen molar-refractivity contribution in [3.8, 4) is 0 Å². The Morgan fingerprint density at radius 3 is 2.77 bits per heavy atom. The summed E-state index contributed by atoms with van der Waals surface area (Å²) in [7, 11) is 0. The Hall–Kier alpha value is -0.350. The highest BCUT2D eigenvalue weighted by Gasteiger charge is 2.13. The van der Waals surface area contributed by atoms with Crippen LogP contribution in [0.5, 0.6) is 0 Å². The van der Waals surface area contributed by atoms with Crippen LogP contribution in [-0.4, -0.2) is 30.9 Å². The summed E-state index contributed by atoms with van der Waals surface area (Å²) in [5, 5.41) is 7.24. The predicted octanol–water partition coefficient (Wildman–Crippen LogP) is 1.04. The quantitative estimate of drug-likeness (QED) is 0.670. The molecule has 0 bridgehead atoms. The smallest absolute Gasteiger partial charge is 0.166 e. The van der Waals surface area contributed by atoms with Crippen molar-refractivity contribution < 1.29 is 4.74 Å². The zero-order chi connectivity index (χ0) is 9.52. The Morgan fingerprint density at radius 1 is 1.46 bits per heavy atom. The number of ether oxygens (including phenoxy) is 1. The average Bonchev–Trinajstić information content (AvgIpc) is 2.16. The molecule has 0 spiro atoms. The summed E-state index contributed by atoms with van der Waals surface area (Å²) in [6.07, 6.45) is 3.23. The highest BCUT2D eigenvalue weighted by atomic mass is 32.1. The largest absolute Gasteiger partial charge is 0.381 e. The van der Waals surface area contributed by atoms with Crippen molar-refractivity contribution in [1.82, 2.24) is 10.6 Å². The zero-order valence-electron chi connectivity index (χ0n) is 8.14. The number of hydrogen-bond donors (Lipinski definition) is 2. The zero-order valence-corrected chi connectivity index (χ0v) is 8.95. The van der Waals surface area contributed by atoms with E-state index in [1.54, 1.807) is 0 Å². The summed E-state index contributed by atoms with van der Waals surface area (Å²) >= 11 is 5.14. The second-order valence-electron chi connectivity index (χ2n) is 3.29. The van der Waals surface area contributed by atoms with E-state index in [0.717, 1.165) is 44.1 Å². The van der Waals surface area contributed by atoms with Gasteiger partial charge in [-0.25, -0.2) is 0 Å². The van der Waals surface area contributed by atoms with Gasteiger partial charge in [-0.05, 0) is 31.5 Å². The molecular weight excluding hydrogens is 184 g/mol. The van der Waals surface area contributed by atoms with Gasteiger partial charge in [0.25, 0.3) is 0 Å². The van der Waals surface area contributed by atoms with Crippen molar-refractivity contribution >= 4 is 17.3 Å². The molecule has 0 aromatic heterocycles. The van der Waals surface area contributed by atoms with E-state index in [9.17, 15) is 0 Å². The normalized spacial score (nSPS) is 18.2. The summed E-state index contributed by atoms with van der Waals surface area (Å²) in [6.45, 7) is 4.79. The molecule has 0 aromatic carbocycles. The van der Waals surface area contributed by atoms with Gasteiger partial charge in [0.05, 0.1) is 0 Å². The lowest BCUT2D eigenvalue weighted by Crippen LogP contribution is -2.44. The van der Waals surface area contributed by atoms with Crippen molar-refractivity contribution in [2.24, 2.45) is 0 Å². The van der Waals surface area contributed by atoms with Crippen molar-refractivity contribution in [3.05, 3.63) is 0 Å². The van der Waals surface area contributed by atoms with E-state index in [4.69, 9.17) is 17.0 Å². The van der Waals surface area contributed by atoms with Gasteiger partial charge >= 0.3 is 0 Å². The van der Waals surface area contributed by atoms with Crippen LogP contribution >= 0.6 is 12.2 Å². The van der Waals surface area contributed by atoms with Crippen LogP contribution in [0.2, 0.25) is 0 Å². The first kappa shape index (κ1) is 10.7. The van der Waals surface area contributed by atoms with Crippen molar-refractivity contribution in [1.29, 1.82) is 0 Å². The van der Waals surface area contributed by atoms with Crippen molar-refractivity contribution in [2.75, 3.05) is 19.8 Å². The van der Waals surface area contributed by atoms with Crippen LogP contribution in [0.1, 0.15) is 26.2 Å². The minimum absolute atomic E-state index is 0.505. The summed E-state index contributed by atoms with van der Waals surface area (Å²) in [6, 6.07) is 0.505. The van der Waals surface area contributed by atoms with Gasteiger partial charge in [-0.1, -0.05) is 6.92 Å². The molecule has 1 aliphatic heterocycles. The van der Waals surface area contributed by atoms with Crippen molar-refractivity contribution in [3.63, 3.8) is 0 Å². The van der Waals surface area contributed by atoms with E-state index in [1.165, 1.54) is 0 Å². The molecule has 1 fully saturated rings. The van der Waals surface area contributed by atoms with Crippen molar-refractivity contribution in [2.45, 2.75) is 32.2 Å². The molecule has 1 aliphatic rings. The highest BCUT2D eigenvalue weighted by Crippen LogP contribution is 2.05. The maximum atomic E-state index is 5.26. The fourth-order valence-electron chi connectivity index (χ4n) is 1.32. The summed E-state index contributed by atoms with van der Waals surface area (Å²) < 4.78 is 5.26. The molecule has 0 aliphatic carbocycles. The third-order valence-electron chi connectivity index (χ3n) is 2.09. The van der Waals surface area contributed by atoms with Crippen LogP contribution in [-0.2, 0) is 4.74 Å². The van der Waals surface area contributed by atoms with Gasteiger partial charge < -0.3 is 15.4 Å². The molecule has 0 radical (unpaired) electrons. The third-order valence-corrected chi connectivity index (χ3v) is 2.35. The van der Waals surface area contributed by atoms with E-state index in [2.05, 4.69) is 17.6 Å². The Kier molecular flexibility index (Phi) is 5.08. The fraction of sp³-hybridized carbons (Fsp3) is 0.889. The maximum absolute atomic E-state index is 5.26. The first-order valence-corrected chi connectivity index (χ1v) is 5.36. The van der Waals surface area contributed by atoms with Gasteiger partial charge in [-0.3, -0.25) is 0 Å². The average molecular weight is 202 g/mol. The molecule has 13 heavy (non-hydrogen) atoms. The van der Waals surface area contributed by atoms with Gasteiger partial charge in [0, 0.05) is 25.8 Å². The molecule has 1 rings (SSSR count). The van der Waals surface area contributed by atoms with Gasteiger partial charge in [0.2, 0.25) is 0 Å². The lowest BCUT2D eigenvalue weighted by molar-refractivity contribution is 0.0824. The molecule has 76 valence electrons. The molecule has 0 amide bonds. The fourth-order valence-corrected chi connectivity index (χ4v) is 1.59. The second-order valence-corrected chi connectivity index (χ2v) is 3.70. The highest BCUT2D eigenvalue weighted by molar-refractivity contribution is 7.80. The van der Waals surface area contributed by atoms with Gasteiger partial charge in [0.1, 0.15) is 0 Å². The van der Waals surface area contributed by atoms with E-state index in [-0.39, 0.29) is 0 Å². The summed E-state index contributed by atoms with van der Waals surface area (Å²) in [5.74, 6) is 0. The van der Waals surface area contributed by atoms with E-state index < -0.39 is 0 Å². The van der Waals surface area contributed by atoms with Gasteiger partial charge in [-0.2, -0.15) is 0 Å². The number of hydrogen-bond acceptors (Lipinski definition) is 2. The van der Waals surface area contributed by atoms with Crippen LogP contribution in [0.15, 0.2) is 0 Å². The van der Waals surface area contributed by atoms with E-state index in [0.29, 0.717) is 6.04 Å². The summed E-state index contributed by atoms with van der Waals surface area (Å²) in [4.78, 5) is 0. The molecule has 0 aromatic rings. The standard InChI is InChI=1S/C9H18N2OS/c1-2-5-10-9(13)11-8-3-6-12-7-4-8/h8H,2-7H2,1H3,(H2,10,11,13). The minimum Gasteiger partial charge on any atom is -0.381 e. The number of rotatable bonds is 3. The van der Waals surface area contributed by atoms with Crippen LogP contribution < -0.4 is 10.6 Å². The maximum Gasteiger partial charge on any atom is 0.166 e. The Labute approximate surface area is 85.2 Å². The van der Waals surface area contributed by atoms with Crippen LogP contribution in [0.25, 0.3) is 0 Å². The Balaban J connectivity index is 2.11.